The molecular weight excluding hydrogens is 423 g/mol. The molecule has 170 valence electrons. The summed E-state index contributed by atoms with van der Waals surface area (Å²) in [7, 11) is 0. The number of rotatable bonds is 7. The fourth-order valence-electron chi connectivity index (χ4n) is 3.36. The van der Waals surface area contributed by atoms with Crippen molar-refractivity contribution in [3.05, 3.63) is 70.9 Å². The zero-order valence-corrected chi connectivity index (χ0v) is 17.7. The molecule has 9 heteroatoms. The molecule has 1 heterocycles. The molecule has 0 fully saturated rings. The number of carbonyl (C=O) groups is 2. The van der Waals surface area contributed by atoms with Crippen LogP contribution in [0.1, 0.15) is 43.9 Å². The zero-order valence-electron chi connectivity index (χ0n) is 17.7. The van der Waals surface area contributed by atoms with Gasteiger partial charge in [0.1, 0.15) is 5.75 Å². The van der Waals surface area contributed by atoms with Crippen LogP contribution in [0.15, 0.2) is 59.8 Å². The number of carbonyl (C=O) groups excluding carboxylic acids is 2. The summed E-state index contributed by atoms with van der Waals surface area (Å²) in [6.45, 7) is 4.16. The second-order valence-electron chi connectivity index (χ2n) is 7.34. The zero-order chi connectivity index (χ0) is 23.3. The van der Waals surface area contributed by atoms with Gasteiger partial charge in [-0.3, -0.25) is 4.79 Å². The first kappa shape index (κ1) is 23.2. The number of unbranched alkanes of at least 4 members (excludes halogenated alkanes) is 1. The molecule has 0 saturated carbocycles. The number of para-hydroxylation sites is 1. The van der Waals surface area contributed by atoms with Crippen LogP contribution in [0.2, 0.25) is 0 Å². The fourth-order valence-corrected chi connectivity index (χ4v) is 3.36. The quantitative estimate of drug-likeness (QED) is 0.514. The predicted molar refractivity (Wildman–Crippen MR) is 114 cm³/mol. The first-order valence-electron chi connectivity index (χ1n) is 10.2. The maximum absolute atomic E-state index is 13.3. The van der Waals surface area contributed by atoms with Gasteiger partial charge in [0.05, 0.1) is 29.5 Å². The molecule has 3 amide bonds. The van der Waals surface area contributed by atoms with E-state index in [1.54, 1.807) is 24.3 Å². The van der Waals surface area contributed by atoms with Crippen molar-refractivity contribution in [2.45, 2.75) is 38.9 Å². The normalized spacial score (nSPS) is 16.3. The Kier molecular flexibility index (Phi) is 7.07. The summed E-state index contributed by atoms with van der Waals surface area (Å²) in [5, 5.41) is 7.52. The Hall–Kier alpha value is -3.49. The molecule has 0 aliphatic carbocycles. The van der Waals surface area contributed by atoms with Crippen LogP contribution in [-0.4, -0.2) is 18.5 Å². The van der Waals surface area contributed by atoms with E-state index >= 15 is 0 Å². The van der Waals surface area contributed by atoms with E-state index in [0.29, 0.717) is 17.9 Å². The Morgan fingerprint density at radius 1 is 1.12 bits per heavy atom. The van der Waals surface area contributed by atoms with E-state index in [4.69, 9.17) is 4.74 Å². The van der Waals surface area contributed by atoms with Crippen LogP contribution in [0, 0.1) is 0 Å². The van der Waals surface area contributed by atoms with Gasteiger partial charge in [-0.05, 0) is 43.2 Å². The number of urea groups is 1. The van der Waals surface area contributed by atoms with E-state index in [2.05, 4.69) is 22.9 Å². The third kappa shape index (κ3) is 5.40. The Morgan fingerprint density at radius 3 is 2.47 bits per heavy atom. The van der Waals surface area contributed by atoms with Crippen molar-refractivity contribution in [1.82, 2.24) is 10.6 Å². The van der Waals surface area contributed by atoms with Crippen molar-refractivity contribution in [3.63, 3.8) is 0 Å². The predicted octanol–water partition coefficient (Wildman–Crippen LogP) is 5.15. The first-order chi connectivity index (χ1) is 15.2. The van der Waals surface area contributed by atoms with Crippen molar-refractivity contribution in [1.29, 1.82) is 0 Å². The number of benzene rings is 2. The van der Waals surface area contributed by atoms with E-state index < -0.39 is 29.7 Å². The summed E-state index contributed by atoms with van der Waals surface area (Å²) in [4.78, 5) is 25.1. The Morgan fingerprint density at radius 2 is 1.81 bits per heavy atom. The van der Waals surface area contributed by atoms with E-state index in [1.807, 2.05) is 0 Å². The summed E-state index contributed by atoms with van der Waals surface area (Å²) in [5.41, 5.74) is -0.355. The average Bonchev–Trinajstić information content (AvgIpc) is 2.73. The number of nitrogens with one attached hydrogen (secondary N) is 3. The molecule has 1 aliphatic rings. The highest BCUT2D eigenvalue weighted by molar-refractivity contribution is 6.07. The van der Waals surface area contributed by atoms with E-state index in [-0.39, 0.29) is 17.0 Å². The third-order valence-corrected chi connectivity index (χ3v) is 4.97. The summed E-state index contributed by atoms with van der Waals surface area (Å²) in [5.74, 6) is -0.103. The van der Waals surface area contributed by atoms with Crippen LogP contribution in [-0.2, 0) is 11.0 Å². The molecule has 1 aliphatic heterocycles. The molecule has 2 aromatic carbocycles. The lowest BCUT2D eigenvalue weighted by Gasteiger charge is -2.29. The maximum atomic E-state index is 13.3. The molecule has 0 spiro atoms. The Labute approximate surface area is 183 Å². The first-order valence-corrected chi connectivity index (χ1v) is 10.2. The third-order valence-electron chi connectivity index (χ3n) is 4.97. The number of anilines is 1. The summed E-state index contributed by atoms with van der Waals surface area (Å²) < 4.78 is 45.6. The number of hydrogen-bond donors (Lipinski definition) is 3. The lowest BCUT2D eigenvalue weighted by Crippen LogP contribution is -2.46. The van der Waals surface area contributed by atoms with E-state index in [0.717, 1.165) is 18.9 Å². The van der Waals surface area contributed by atoms with Gasteiger partial charge in [0, 0.05) is 5.70 Å². The summed E-state index contributed by atoms with van der Waals surface area (Å²) >= 11 is 0. The van der Waals surface area contributed by atoms with Crippen molar-refractivity contribution < 1.29 is 27.5 Å². The lowest BCUT2D eigenvalue weighted by atomic mass is 9.94. The van der Waals surface area contributed by atoms with Crippen LogP contribution >= 0.6 is 0 Å². The highest BCUT2D eigenvalue weighted by Gasteiger charge is 2.35. The lowest BCUT2D eigenvalue weighted by molar-refractivity contribution is -0.137. The summed E-state index contributed by atoms with van der Waals surface area (Å²) in [6.07, 6.45) is -2.71. The van der Waals surface area contributed by atoms with Gasteiger partial charge in [-0.25, -0.2) is 4.79 Å². The van der Waals surface area contributed by atoms with Gasteiger partial charge < -0.3 is 20.7 Å². The van der Waals surface area contributed by atoms with Gasteiger partial charge in [0.15, 0.2) is 0 Å². The van der Waals surface area contributed by atoms with Crippen molar-refractivity contribution >= 4 is 17.6 Å². The minimum atomic E-state index is -4.63. The molecule has 0 bridgehead atoms. The standard InChI is InChI=1S/C23H24F3N3O3/c1-3-4-13-32-16-11-9-15(10-12-16)20-19(14(2)27-22(31)29-20)21(30)28-18-8-6-5-7-17(18)23(24,25)26/h5-12,20H,3-4,13H2,1-2H3,(H,28,30)(H2,27,29,31). The molecule has 3 N–H and O–H groups in total. The van der Waals surface area contributed by atoms with Gasteiger partial charge in [0.2, 0.25) is 0 Å². The highest BCUT2D eigenvalue weighted by atomic mass is 19.4. The molecule has 0 saturated heterocycles. The molecule has 2 aromatic rings. The molecule has 0 aromatic heterocycles. The molecule has 1 unspecified atom stereocenters. The molecule has 6 nitrogen and oxygen atoms in total. The monoisotopic (exact) mass is 447 g/mol. The van der Waals surface area contributed by atoms with Crippen molar-refractivity contribution in [2.75, 3.05) is 11.9 Å². The van der Waals surface area contributed by atoms with Gasteiger partial charge in [-0.1, -0.05) is 37.6 Å². The van der Waals surface area contributed by atoms with Gasteiger partial charge in [-0.2, -0.15) is 13.2 Å². The number of halogens is 3. The summed E-state index contributed by atoms with van der Waals surface area (Å²) in [6, 6.07) is 10.2. The average molecular weight is 447 g/mol. The minimum Gasteiger partial charge on any atom is -0.494 e. The van der Waals surface area contributed by atoms with Crippen molar-refractivity contribution in [2.24, 2.45) is 0 Å². The van der Waals surface area contributed by atoms with Crippen molar-refractivity contribution in [3.8, 4) is 5.75 Å². The topological polar surface area (TPSA) is 79.5 Å². The Balaban J connectivity index is 1.87. The smallest absolute Gasteiger partial charge is 0.418 e. The van der Waals surface area contributed by atoms with Crippen LogP contribution in [0.3, 0.4) is 0 Å². The fraction of sp³-hybridized carbons (Fsp3) is 0.304. The molecule has 0 radical (unpaired) electrons. The van der Waals surface area contributed by atoms with Gasteiger partial charge >= 0.3 is 12.2 Å². The number of ether oxygens (including phenoxy) is 1. The molecule has 32 heavy (non-hydrogen) atoms. The molecular formula is C23H24F3N3O3. The second kappa shape index (κ2) is 9.76. The largest absolute Gasteiger partial charge is 0.494 e. The number of amides is 3. The van der Waals surface area contributed by atoms with Crippen LogP contribution < -0.4 is 20.7 Å². The van der Waals surface area contributed by atoms with Crippen LogP contribution in [0.4, 0.5) is 23.7 Å². The minimum absolute atomic E-state index is 0.112. The van der Waals surface area contributed by atoms with E-state index in [1.165, 1.54) is 25.1 Å². The highest BCUT2D eigenvalue weighted by Crippen LogP contribution is 2.35. The molecule has 1 atom stereocenters. The van der Waals surface area contributed by atoms with E-state index in [9.17, 15) is 22.8 Å². The van der Waals surface area contributed by atoms with Crippen LogP contribution in [0.5, 0.6) is 5.75 Å². The number of allylic oxidation sites excluding steroid dienone is 1. The second-order valence-corrected chi connectivity index (χ2v) is 7.34. The van der Waals surface area contributed by atoms with Gasteiger partial charge in [-0.15, -0.1) is 0 Å². The number of hydrogen-bond acceptors (Lipinski definition) is 3. The van der Waals surface area contributed by atoms with Crippen LogP contribution in [0.25, 0.3) is 0 Å². The van der Waals surface area contributed by atoms with Gasteiger partial charge in [0.25, 0.3) is 5.91 Å². The maximum Gasteiger partial charge on any atom is 0.418 e. The Bertz CT molecular complexity index is 1020. The molecule has 3 rings (SSSR count). The number of alkyl halides is 3. The SMILES string of the molecule is CCCCOc1ccc(C2NC(=O)NC(C)=C2C(=O)Nc2ccccc2C(F)(F)F)cc1.